The first kappa shape index (κ1) is 18.6. The molecule has 0 bridgehead atoms. The Balaban J connectivity index is 1.48. The van der Waals surface area contributed by atoms with E-state index < -0.39 is 0 Å². The van der Waals surface area contributed by atoms with Crippen LogP contribution in [0.1, 0.15) is 18.4 Å². The lowest BCUT2D eigenvalue weighted by Gasteiger charge is -2.30. The maximum atomic E-state index is 9.83. The van der Waals surface area contributed by atoms with Crippen molar-refractivity contribution in [2.75, 3.05) is 43.4 Å². The van der Waals surface area contributed by atoms with Gasteiger partial charge >= 0.3 is 0 Å². The van der Waals surface area contributed by atoms with Gasteiger partial charge in [-0.25, -0.2) is 14.6 Å². The molecule has 9 nitrogen and oxygen atoms in total. The predicted molar refractivity (Wildman–Crippen MR) is 106 cm³/mol. The Morgan fingerprint density at radius 2 is 2.00 bits per heavy atom. The summed E-state index contributed by atoms with van der Waals surface area (Å²) >= 11 is 0. The summed E-state index contributed by atoms with van der Waals surface area (Å²) in [6, 6.07) is 10.2. The van der Waals surface area contributed by atoms with Crippen molar-refractivity contribution in [3.63, 3.8) is 0 Å². The molecule has 0 radical (unpaired) electrons. The number of β-amino-alcohol motifs (C(OH)–C–C–N with tert-alkyl or cyclic N) is 1. The number of fused-ring (bicyclic) bond motifs is 1. The van der Waals surface area contributed by atoms with Gasteiger partial charge in [0.05, 0.1) is 6.10 Å². The van der Waals surface area contributed by atoms with Crippen LogP contribution < -0.4 is 10.2 Å². The van der Waals surface area contributed by atoms with Gasteiger partial charge in [-0.15, -0.1) is 0 Å². The van der Waals surface area contributed by atoms with Gasteiger partial charge in [0.2, 0.25) is 11.3 Å². The molecule has 2 N–H and O–H groups in total. The minimum absolute atomic E-state index is 0.223. The van der Waals surface area contributed by atoms with Crippen LogP contribution in [0.25, 0.3) is 11.3 Å². The van der Waals surface area contributed by atoms with E-state index in [0.717, 1.165) is 32.5 Å². The fraction of sp³-hybridized carbons (Fsp3) is 0.474. The van der Waals surface area contributed by atoms with Crippen LogP contribution in [0.2, 0.25) is 0 Å². The number of anilines is 2. The molecule has 4 rings (SSSR count). The number of aromatic nitrogens is 4. The van der Waals surface area contributed by atoms with Gasteiger partial charge in [-0.2, -0.15) is 0 Å². The molecular weight excluding hydrogens is 358 g/mol. The fourth-order valence-corrected chi connectivity index (χ4v) is 3.51. The summed E-state index contributed by atoms with van der Waals surface area (Å²) < 4.78 is 4.78. The Morgan fingerprint density at radius 1 is 1.21 bits per heavy atom. The predicted octanol–water partition coefficient (Wildman–Crippen LogP) is 1.52. The zero-order valence-corrected chi connectivity index (χ0v) is 16.0. The Bertz CT molecular complexity index is 902. The highest BCUT2D eigenvalue weighted by molar-refractivity contribution is 5.73. The second-order valence-electron chi connectivity index (χ2n) is 7.17. The largest absolute Gasteiger partial charge is 0.392 e. The van der Waals surface area contributed by atoms with E-state index in [1.54, 1.807) is 0 Å². The number of benzene rings is 1. The third-order valence-corrected chi connectivity index (χ3v) is 4.92. The van der Waals surface area contributed by atoms with E-state index in [9.17, 15) is 5.11 Å². The molecular formula is C19H25N7O2. The van der Waals surface area contributed by atoms with E-state index in [0.29, 0.717) is 36.0 Å². The second kappa shape index (κ2) is 8.49. The zero-order chi connectivity index (χ0) is 19.3. The van der Waals surface area contributed by atoms with Crippen LogP contribution in [0.15, 0.2) is 35.0 Å². The van der Waals surface area contributed by atoms with Gasteiger partial charge in [-0.05, 0) is 35.3 Å². The van der Waals surface area contributed by atoms with Crippen LogP contribution in [-0.4, -0.2) is 69.6 Å². The van der Waals surface area contributed by atoms with Crippen LogP contribution in [0.3, 0.4) is 0 Å². The first-order valence-electron chi connectivity index (χ1n) is 9.59. The molecule has 0 unspecified atom stereocenters. The third-order valence-electron chi connectivity index (χ3n) is 4.92. The average Bonchev–Trinajstić information content (AvgIpc) is 3.15. The molecule has 28 heavy (non-hydrogen) atoms. The number of hydrogen-bond acceptors (Lipinski definition) is 9. The van der Waals surface area contributed by atoms with Crippen molar-refractivity contribution in [3.05, 3.63) is 35.9 Å². The topological polar surface area (TPSA) is 103 Å². The van der Waals surface area contributed by atoms with E-state index in [1.807, 2.05) is 30.1 Å². The number of aliphatic hydroxyl groups excluding tert-OH is 1. The van der Waals surface area contributed by atoms with E-state index in [1.165, 1.54) is 5.56 Å². The third kappa shape index (κ3) is 4.37. The van der Waals surface area contributed by atoms with Gasteiger partial charge in [0.1, 0.15) is 0 Å². The van der Waals surface area contributed by atoms with Crippen molar-refractivity contribution >= 4 is 22.9 Å². The second-order valence-corrected chi connectivity index (χ2v) is 7.17. The number of nitrogens with one attached hydrogen (secondary N) is 1. The first-order valence-corrected chi connectivity index (χ1v) is 9.59. The molecule has 1 aliphatic heterocycles. The summed E-state index contributed by atoms with van der Waals surface area (Å²) in [5, 5.41) is 20.8. The lowest BCUT2D eigenvalue weighted by Crippen LogP contribution is -2.40. The molecule has 9 heteroatoms. The molecule has 0 spiro atoms. The SMILES string of the molecule is CN(Cc1ccccc1)c1nc2nonc2nc1NCCN1CCC[C@H](O)C1. The summed E-state index contributed by atoms with van der Waals surface area (Å²) in [5.41, 5.74) is 1.95. The smallest absolute Gasteiger partial charge is 0.245 e. The minimum Gasteiger partial charge on any atom is -0.392 e. The van der Waals surface area contributed by atoms with Crippen LogP contribution in [-0.2, 0) is 6.54 Å². The summed E-state index contributed by atoms with van der Waals surface area (Å²) in [6.07, 6.45) is 1.70. The lowest BCUT2D eigenvalue weighted by molar-refractivity contribution is 0.0730. The van der Waals surface area contributed by atoms with E-state index in [2.05, 4.69) is 42.6 Å². The molecule has 1 fully saturated rings. The molecule has 1 aromatic carbocycles. The van der Waals surface area contributed by atoms with Gasteiger partial charge in [-0.1, -0.05) is 30.3 Å². The van der Waals surface area contributed by atoms with Gasteiger partial charge < -0.3 is 15.3 Å². The highest BCUT2D eigenvalue weighted by Gasteiger charge is 2.19. The number of aliphatic hydroxyl groups is 1. The van der Waals surface area contributed by atoms with Crippen molar-refractivity contribution < 1.29 is 9.74 Å². The average molecular weight is 383 g/mol. The van der Waals surface area contributed by atoms with Gasteiger partial charge in [0, 0.05) is 33.2 Å². The standard InChI is InChI=1S/C19H25N7O2/c1-25(12-14-6-3-2-4-7-14)19-18(21-16-17(22-19)24-28-23-16)20-9-11-26-10-5-8-15(27)13-26/h2-4,6-7,15,27H,5,8-13H2,1H3,(H,20,21,23)/t15-/m0/s1. The van der Waals surface area contributed by atoms with Crippen molar-refractivity contribution in [1.29, 1.82) is 0 Å². The Hall–Kier alpha value is -2.78. The van der Waals surface area contributed by atoms with E-state index in [-0.39, 0.29) is 6.10 Å². The lowest BCUT2D eigenvalue weighted by atomic mass is 10.1. The number of nitrogens with zero attached hydrogens (tertiary/aromatic N) is 6. The molecule has 0 aliphatic carbocycles. The number of hydrogen-bond donors (Lipinski definition) is 2. The van der Waals surface area contributed by atoms with Crippen molar-refractivity contribution in [1.82, 2.24) is 25.2 Å². The summed E-state index contributed by atoms with van der Waals surface area (Å²) in [6.45, 7) is 3.96. The van der Waals surface area contributed by atoms with Crippen molar-refractivity contribution in [3.8, 4) is 0 Å². The molecule has 0 amide bonds. The fourth-order valence-electron chi connectivity index (χ4n) is 3.51. The molecule has 1 atom stereocenters. The molecule has 0 saturated carbocycles. The maximum absolute atomic E-state index is 9.83. The zero-order valence-electron chi connectivity index (χ0n) is 16.0. The molecule has 1 aliphatic rings. The quantitative estimate of drug-likeness (QED) is 0.628. The summed E-state index contributed by atoms with van der Waals surface area (Å²) in [7, 11) is 1.97. The molecule has 2 aromatic heterocycles. The van der Waals surface area contributed by atoms with Gasteiger partial charge in [0.15, 0.2) is 11.6 Å². The van der Waals surface area contributed by atoms with Crippen molar-refractivity contribution in [2.45, 2.75) is 25.5 Å². The molecule has 3 aromatic rings. The van der Waals surface area contributed by atoms with Crippen LogP contribution in [0, 0.1) is 0 Å². The Labute approximate surface area is 163 Å². The number of rotatable bonds is 7. The van der Waals surface area contributed by atoms with Crippen molar-refractivity contribution in [2.24, 2.45) is 0 Å². The number of piperidine rings is 1. The summed E-state index contributed by atoms with van der Waals surface area (Å²) in [4.78, 5) is 13.4. The minimum atomic E-state index is -0.223. The molecule has 148 valence electrons. The van der Waals surface area contributed by atoms with E-state index >= 15 is 0 Å². The highest BCUT2D eigenvalue weighted by atomic mass is 16.6. The van der Waals surface area contributed by atoms with Crippen LogP contribution >= 0.6 is 0 Å². The molecule has 1 saturated heterocycles. The summed E-state index contributed by atoms with van der Waals surface area (Å²) in [5.74, 6) is 1.35. The maximum Gasteiger partial charge on any atom is 0.245 e. The monoisotopic (exact) mass is 383 g/mol. The van der Waals surface area contributed by atoms with Crippen LogP contribution in [0.5, 0.6) is 0 Å². The first-order chi connectivity index (χ1) is 13.7. The highest BCUT2D eigenvalue weighted by Crippen LogP contribution is 2.24. The van der Waals surface area contributed by atoms with Gasteiger partial charge in [0.25, 0.3) is 0 Å². The molecule has 3 heterocycles. The van der Waals surface area contributed by atoms with Crippen LogP contribution in [0.4, 0.5) is 11.6 Å². The Kier molecular flexibility index (Phi) is 5.63. The number of likely N-dealkylation sites (tertiary alicyclic amines) is 1. The Morgan fingerprint density at radius 3 is 2.79 bits per heavy atom. The van der Waals surface area contributed by atoms with Gasteiger partial charge in [-0.3, -0.25) is 4.90 Å². The van der Waals surface area contributed by atoms with E-state index in [4.69, 9.17) is 4.63 Å². The normalized spacial score (nSPS) is 17.7.